The van der Waals surface area contributed by atoms with E-state index in [1.54, 1.807) is 0 Å². The molecular formula is C21H38O12. The molecule has 0 amide bonds. The van der Waals surface area contributed by atoms with Gasteiger partial charge in [-0.25, -0.2) is 0 Å². The van der Waals surface area contributed by atoms with Gasteiger partial charge >= 0.3 is 5.97 Å². The zero-order valence-electron chi connectivity index (χ0n) is 19.0. The minimum absolute atomic E-state index is 0.223. The Morgan fingerprint density at radius 1 is 0.848 bits per heavy atom. The molecule has 0 radical (unpaired) electrons. The van der Waals surface area contributed by atoms with Crippen LogP contribution in [0.1, 0.15) is 39.5 Å². The quantitative estimate of drug-likeness (QED) is 0.120. The molecular weight excluding hydrogens is 444 g/mol. The number of esters is 1. The normalized spacial score (nSPS) is 40.4. The molecule has 0 aliphatic carbocycles. The molecule has 7 N–H and O–H groups in total. The van der Waals surface area contributed by atoms with E-state index in [9.17, 15) is 40.5 Å². The second-order valence-electron chi connectivity index (χ2n) is 8.62. The van der Waals surface area contributed by atoms with Gasteiger partial charge in [0, 0.05) is 0 Å². The number of ether oxygens (including phenoxy) is 4. The van der Waals surface area contributed by atoms with Crippen LogP contribution in [-0.2, 0) is 23.7 Å². The van der Waals surface area contributed by atoms with Gasteiger partial charge in [-0.1, -0.05) is 26.2 Å². The topological polar surface area (TPSA) is 196 Å². The summed E-state index contributed by atoms with van der Waals surface area (Å²) in [6.07, 6.45) is -11.3. The third kappa shape index (κ3) is 6.82. The summed E-state index contributed by atoms with van der Waals surface area (Å²) in [5, 5.41) is 70.3. The summed E-state index contributed by atoms with van der Waals surface area (Å²) < 4.78 is 21.6. The number of hydrogen-bond acceptors (Lipinski definition) is 12. The summed E-state index contributed by atoms with van der Waals surface area (Å²) in [4.78, 5) is 12.4. The minimum Gasteiger partial charge on any atom is -0.465 e. The number of carbonyl (C=O) groups is 1. The molecule has 2 fully saturated rings. The second kappa shape index (κ2) is 13.2. The van der Waals surface area contributed by atoms with Crippen LogP contribution in [0.25, 0.3) is 0 Å². The number of hydrogen-bond donors (Lipinski definition) is 7. The fourth-order valence-corrected chi connectivity index (χ4v) is 4.00. The van der Waals surface area contributed by atoms with Crippen LogP contribution >= 0.6 is 0 Å². The average molecular weight is 483 g/mol. The summed E-state index contributed by atoms with van der Waals surface area (Å²) in [7, 11) is 0. The molecule has 0 bridgehead atoms. The predicted octanol–water partition coefficient (Wildman–Crippen LogP) is -2.59. The SMILES string of the molecule is CCCCCCOC(=O)C(C)C1O[C@H](CO)[C@@H](OC2O[C@H](CO)[C@H](O)[C@H](O)[C@H]2O)[C@H](O)[C@H]1O. The van der Waals surface area contributed by atoms with Gasteiger partial charge in [0.25, 0.3) is 0 Å². The van der Waals surface area contributed by atoms with E-state index in [0.717, 1.165) is 19.3 Å². The lowest BCUT2D eigenvalue weighted by Crippen LogP contribution is -2.65. The fourth-order valence-electron chi connectivity index (χ4n) is 4.00. The lowest BCUT2D eigenvalue weighted by Gasteiger charge is -2.46. The van der Waals surface area contributed by atoms with Crippen LogP contribution < -0.4 is 0 Å². The molecule has 33 heavy (non-hydrogen) atoms. The third-order valence-corrected chi connectivity index (χ3v) is 6.15. The predicted molar refractivity (Wildman–Crippen MR) is 111 cm³/mol. The van der Waals surface area contributed by atoms with E-state index in [4.69, 9.17) is 18.9 Å². The number of aliphatic hydroxyl groups excluding tert-OH is 7. The molecule has 2 rings (SSSR count). The van der Waals surface area contributed by atoms with Crippen LogP contribution in [-0.4, -0.2) is 123 Å². The van der Waals surface area contributed by atoms with Gasteiger partial charge in [0.2, 0.25) is 0 Å². The van der Waals surface area contributed by atoms with Crippen molar-refractivity contribution < 1.29 is 59.5 Å². The van der Waals surface area contributed by atoms with Crippen LogP contribution in [0, 0.1) is 5.92 Å². The van der Waals surface area contributed by atoms with Crippen LogP contribution in [0.2, 0.25) is 0 Å². The van der Waals surface area contributed by atoms with E-state index in [1.807, 2.05) is 0 Å². The maximum atomic E-state index is 12.4. The Bertz CT molecular complexity index is 588. The number of unbranched alkanes of at least 4 members (excludes halogenated alkanes) is 3. The van der Waals surface area contributed by atoms with E-state index in [2.05, 4.69) is 6.92 Å². The summed E-state index contributed by atoms with van der Waals surface area (Å²) in [6, 6.07) is 0. The van der Waals surface area contributed by atoms with Crippen LogP contribution in [0.4, 0.5) is 0 Å². The fraction of sp³-hybridized carbons (Fsp3) is 0.952. The Labute approximate surface area is 192 Å². The first-order chi connectivity index (χ1) is 15.7. The molecule has 2 heterocycles. The van der Waals surface area contributed by atoms with Gasteiger partial charge in [-0.2, -0.15) is 0 Å². The summed E-state index contributed by atoms with van der Waals surface area (Å²) >= 11 is 0. The minimum atomic E-state index is -1.74. The number of aliphatic hydroxyl groups is 7. The molecule has 0 saturated carbocycles. The summed E-state index contributed by atoms with van der Waals surface area (Å²) in [6.45, 7) is 2.41. The highest BCUT2D eigenvalue weighted by molar-refractivity contribution is 5.72. The molecule has 2 saturated heterocycles. The van der Waals surface area contributed by atoms with E-state index in [0.29, 0.717) is 6.42 Å². The summed E-state index contributed by atoms with van der Waals surface area (Å²) in [5.41, 5.74) is 0. The molecule has 2 aliphatic heterocycles. The highest BCUT2D eigenvalue weighted by atomic mass is 16.7. The first-order valence-electron chi connectivity index (χ1n) is 11.4. The maximum absolute atomic E-state index is 12.4. The van der Waals surface area contributed by atoms with Crippen molar-refractivity contribution in [1.82, 2.24) is 0 Å². The monoisotopic (exact) mass is 482 g/mol. The Balaban J connectivity index is 2.02. The molecule has 2 aliphatic rings. The highest BCUT2D eigenvalue weighted by Crippen LogP contribution is 2.31. The van der Waals surface area contributed by atoms with Crippen molar-refractivity contribution >= 4 is 5.97 Å². The van der Waals surface area contributed by atoms with Gasteiger partial charge in [0.1, 0.15) is 48.8 Å². The highest BCUT2D eigenvalue weighted by Gasteiger charge is 2.52. The van der Waals surface area contributed by atoms with Crippen LogP contribution in [0.5, 0.6) is 0 Å². The molecule has 12 nitrogen and oxygen atoms in total. The molecule has 3 unspecified atom stereocenters. The number of rotatable bonds is 11. The van der Waals surface area contributed by atoms with Gasteiger partial charge < -0.3 is 54.7 Å². The Morgan fingerprint density at radius 3 is 2.12 bits per heavy atom. The molecule has 0 aromatic carbocycles. The van der Waals surface area contributed by atoms with Gasteiger partial charge in [-0.3, -0.25) is 4.79 Å². The third-order valence-electron chi connectivity index (χ3n) is 6.15. The van der Waals surface area contributed by atoms with Crippen molar-refractivity contribution in [3.05, 3.63) is 0 Å². The van der Waals surface area contributed by atoms with Crippen molar-refractivity contribution in [2.45, 2.75) is 101 Å². The smallest absolute Gasteiger partial charge is 0.311 e. The van der Waals surface area contributed by atoms with Crippen molar-refractivity contribution in [2.24, 2.45) is 5.92 Å². The lowest BCUT2D eigenvalue weighted by molar-refractivity contribution is -0.343. The molecule has 12 heteroatoms. The molecule has 0 aromatic heterocycles. The van der Waals surface area contributed by atoms with Crippen LogP contribution in [0.3, 0.4) is 0 Å². The average Bonchev–Trinajstić information content (AvgIpc) is 2.81. The first-order valence-corrected chi connectivity index (χ1v) is 11.4. The van der Waals surface area contributed by atoms with Crippen molar-refractivity contribution in [1.29, 1.82) is 0 Å². The first kappa shape index (κ1) is 28.3. The van der Waals surface area contributed by atoms with Gasteiger partial charge in [0.05, 0.1) is 31.8 Å². The van der Waals surface area contributed by atoms with Gasteiger partial charge in [-0.15, -0.1) is 0 Å². The largest absolute Gasteiger partial charge is 0.465 e. The van der Waals surface area contributed by atoms with Gasteiger partial charge in [-0.05, 0) is 13.3 Å². The zero-order chi connectivity index (χ0) is 24.7. The van der Waals surface area contributed by atoms with Crippen molar-refractivity contribution in [2.75, 3.05) is 19.8 Å². The second-order valence-corrected chi connectivity index (χ2v) is 8.62. The van der Waals surface area contributed by atoms with E-state index in [1.165, 1.54) is 6.92 Å². The summed E-state index contributed by atoms with van der Waals surface area (Å²) in [5.74, 6) is -1.57. The van der Waals surface area contributed by atoms with E-state index < -0.39 is 86.3 Å². The van der Waals surface area contributed by atoms with Gasteiger partial charge in [0.15, 0.2) is 6.29 Å². The molecule has 0 aromatic rings. The number of carbonyl (C=O) groups excluding carboxylic acids is 1. The van der Waals surface area contributed by atoms with Crippen molar-refractivity contribution in [3.8, 4) is 0 Å². The van der Waals surface area contributed by atoms with E-state index >= 15 is 0 Å². The molecule has 0 spiro atoms. The Kier molecular flexibility index (Phi) is 11.4. The van der Waals surface area contributed by atoms with E-state index in [-0.39, 0.29) is 6.61 Å². The zero-order valence-corrected chi connectivity index (χ0v) is 19.0. The maximum Gasteiger partial charge on any atom is 0.311 e. The molecule has 11 atom stereocenters. The van der Waals surface area contributed by atoms with Crippen LogP contribution in [0.15, 0.2) is 0 Å². The standard InChI is InChI=1S/C21H38O12/c1-3-4-5-6-7-30-20(29)10(2)18-15(26)16(27)19(12(9-23)31-18)33-21-17(28)14(25)13(24)11(8-22)32-21/h10-19,21-28H,3-9H2,1-2H3/t10?,11-,12-,13+,14+,15-,16-,17-,18?,19-,21?/m1/s1. The van der Waals surface area contributed by atoms with Crippen molar-refractivity contribution in [3.63, 3.8) is 0 Å². The molecule has 194 valence electrons. The lowest BCUT2D eigenvalue weighted by atomic mass is 9.88. The Morgan fingerprint density at radius 2 is 1.52 bits per heavy atom. The Hall–Kier alpha value is -0.930.